The van der Waals surface area contributed by atoms with Crippen LogP contribution in [0.25, 0.3) is 11.1 Å². The van der Waals surface area contributed by atoms with E-state index >= 15 is 0 Å². The van der Waals surface area contributed by atoms with E-state index in [1.54, 1.807) is 24.3 Å². The summed E-state index contributed by atoms with van der Waals surface area (Å²) in [4.78, 5) is 0. The van der Waals surface area contributed by atoms with Crippen LogP contribution in [-0.2, 0) is 6.42 Å². The van der Waals surface area contributed by atoms with Crippen molar-refractivity contribution in [2.45, 2.75) is 6.42 Å². The third-order valence-electron chi connectivity index (χ3n) is 2.73. The Hall–Kier alpha value is -1.09. The van der Waals surface area contributed by atoms with Crippen molar-refractivity contribution in [1.29, 1.82) is 0 Å². The fourth-order valence-electron chi connectivity index (χ4n) is 1.91. The number of halogens is 3. The molecule has 0 saturated heterocycles. The zero-order chi connectivity index (χ0) is 13.1. The molecule has 4 heteroatoms. The number of rotatable bonds is 3. The van der Waals surface area contributed by atoms with Crippen LogP contribution in [0.3, 0.4) is 0 Å². The lowest BCUT2D eigenvalue weighted by Gasteiger charge is -2.12. The second-order valence-corrected chi connectivity index (χ2v) is 4.77. The van der Waals surface area contributed by atoms with Gasteiger partial charge in [-0.3, -0.25) is 0 Å². The second-order valence-electron chi connectivity index (χ2n) is 3.93. The predicted octanol–water partition coefficient (Wildman–Crippen LogP) is 4.30. The average Bonchev–Trinajstić information content (AvgIpc) is 2.35. The molecule has 2 aromatic carbocycles. The molecule has 18 heavy (non-hydrogen) atoms. The largest absolute Gasteiger partial charge is 0.330 e. The van der Waals surface area contributed by atoms with Gasteiger partial charge in [0.1, 0.15) is 5.82 Å². The summed E-state index contributed by atoms with van der Waals surface area (Å²) in [5.74, 6) is -0.269. The van der Waals surface area contributed by atoms with Crippen molar-refractivity contribution < 1.29 is 4.39 Å². The molecule has 0 radical (unpaired) electrons. The van der Waals surface area contributed by atoms with Crippen molar-refractivity contribution in [3.05, 3.63) is 57.8 Å². The molecule has 0 atom stereocenters. The smallest absolute Gasteiger partial charge is 0.127 e. The summed E-state index contributed by atoms with van der Waals surface area (Å²) >= 11 is 12.1. The molecule has 0 aliphatic rings. The maximum atomic E-state index is 13.8. The van der Waals surface area contributed by atoms with Crippen molar-refractivity contribution >= 4 is 23.2 Å². The standard InChI is InChI=1S/C14H12Cl2FN/c15-9-4-5-13(16)12(8-9)10-2-1-3-14(17)11(10)6-7-18/h1-5,8H,6-7,18H2. The third-order valence-corrected chi connectivity index (χ3v) is 3.30. The van der Waals surface area contributed by atoms with E-state index < -0.39 is 0 Å². The first-order valence-corrected chi connectivity index (χ1v) is 6.32. The topological polar surface area (TPSA) is 26.0 Å². The highest BCUT2D eigenvalue weighted by Gasteiger charge is 2.12. The predicted molar refractivity (Wildman–Crippen MR) is 74.6 cm³/mol. The van der Waals surface area contributed by atoms with Gasteiger partial charge < -0.3 is 5.73 Å². The van der Waals surface area contributed by atoms with E-state index in [4.69, 9.17) is 28.9 Å². The number of nitrogens with two attached hydrogens (primary N) is 1. The summed E-state index contributed by atoms with van der Waals surface area (Å²) in [7, 11) is 0. The van der Waals surface area contributed by atoms with Gasteiger partial charge in [-0.15, -0.1) is 0 Å². The van der Waals surface area contributed by atoms with Crippen LogP contribution in [0.2, 0.25) is 10.0 Å². The molecule has 0 bridgehead atoms. The molecule has 2 rings (SSSR count). The summed E-state index contributed by atoms with van der Waals surface area (Å²) < 4.78 is 13.8. The van der Waals surface area contributed by atoms with Gasteiger partial charge in [0.15, 0.2) is 0 Å². The van der Waals surface area contributed by atoms with Crippen LogP contribution in [0.5, 0.6) is 0 Å². The van der Waals surface area contributed by atoms with Crippen LogP contribution < -0.4 is 5.73 Å². The Bertz CT molecular complexity index is 570. The van der Waals surface area contributed by atoms with E-state index in [0.29, 0.717) is 28.6 Å². The lowest BCUT2D eigenvalue weighted by atomic mass is 9.97. The summed E-state index contributed by atoms with van der Waals surface area (Å²) in [5, 5.41) is 1.11. The first kappa shape index (κ1) is 13.3. The van der Waals surface area contributed by atoms with Gasteiger partial charge in [-0.1, -0.05) is 35.3 Å². The van der Waals surface area contributed by atoms with E-state index in [1.165, 1.54) is 6.07 Å². The van der Waals surface area contributed by atoms with Crippen LogP contribution in [0.1, 0.15) is 5.56 Å². The Balaban J connectivity index is 2.63. The summed E-state index contributed by atoms with van der Waals surface area (Å²) in [5.41, 5.74) is 7.56. The maximum absolute atomic E-state index is 13.8. The summed E-state index contributed by atoms with van der Waals surface area (Å²) in [6, 6.07) is 10.0. The minimum atomic E-state index is -0.269. The highest BCUT2D eigenvalue weighted by Crippen LogP contribution is 2.33. The molecule has 94 valence electrons. The molecule has 0 fully saturated rings. The first-order chi connectivity index (χ1) is 8.63. The quantitative estimate of drug-likeness (QED) is 0.893. The molecular formula is C14H12Cl2FN. The van der Waals surface area contributed by atoms with Gasteiger partial charge in [0.2, 0.25) is 0 Å². The molecule has 0 saturated carbocycles. The molecular weight excluding hydrogens is 272 g/mol. The highest BCUT2D eigenvalue weighted by molar-refractivity contribution is 6.35. The zero-order valence-electron chi connectivity index (χ0n) is 9.59. The Morgan fingerprint density at radius 2 is 1.83 bits per heavy atom. The van der Waals surface area contributed by atoms with E-state index in [-0.39, 0.29) is 5.82 Å². The van der Waals surface area contributed by atoms with Crippen molar-refractivity contribution in [2.24, 2.45) is 5.73 Å². The molecule has 0 spiro atoms. The lowest BCUT2D eigenvalue weighted by molar-refractivity contribution is 0.610. The van der Waals surface area contributed by atoms with Gasteiger partial charge >= 0.3 is 0 Å². The second kappa shape index (κ2) is 5.70. The van der Waals surface area contributed by atoms with Crippen molar-refractivity contribution in [3.63, 3.8) is 0 Å². The van der Waals surface area contributed by atoms with Crippen LogP contribution in [0.15, 0.2) is 36.4 Å². The van der Waals surface area contributed by atoms with Gasteiger partial charge in [0, 0.05) is 15.6 Å². The number of hydrogen-bond acceptors (Lipinski definition) is 1. The van der Waals surface area contributed by atoms with E-state index in [2.05, 4.69) is 0 Å². The molecule has 2 N–H and O–H groups in total. The molecule has 0 aromatic heterocycles. The molecule has 1 nitrogen and oxygen atoms in total. The van der Waals surface area contributed by atoms with Crippen molar-refractivity contribution in [2.75, 3.05) is 6.54 Å². The normalized spacial score (nSPS) is 10.7. The van der Waals surface area contributed by atoms with E-state index in [1.807, 2.05) is 6.07 Å². The molecule has 2 aromatic rings. The van der Waals surface area contributed by atoms with Crippen molar-refractivity contribution in [1.82, 2.24) is 0 Å². The van der Waals surface area contributed by atoms with Crippen LogP contribution in [-0.4, -0.2) is 6.54 Å². The summed E-state index contributed by atoms with van der Waals surface area (Å²) in [6.45, 7) is 0.381. The van der Waals surface area contributed by atoms with E-state index in [0.717, 1.165) is 11.1 Å². The van der Waals surface area contributed by atoms with Gasteiger partial charge in [0.05, 0.1) is 0 Å². The average molecular weight is 284 g/mol. The minimum Gasteiger partial charge on any atom is -0.330 e. The van der Waals surface area contributed by atoms with Gasteiger partial charge in [0.25, 0.3) is 0 Å². The van der Waals surface area contributed by atoms with Gasteiger partial charge in [-0.25, -0.2) is 4.39 Å². The Labute approximate surface area is 115 Å². The molecule has 0 heterocycles. The molecule has 0 aliphatic carbocycles. The zero-order valence-corrected chi connectivity index (χ0v) is 11.1. The number of hydrogen-bond donors (Lipinski definition) is 1. The highest BCUT2D eigenvalue weighted by atomic mass is 35.5. The maximum Gasteiger partial charge on any atom is 0.127 e. The van der Waals surface area contributed by atoms with Gasteiger partial charge in [-0.2, -0.15) is 0 Å². The fraction of sp³-hybridized carbons (Fsp3) is 0.143. The Morgan fingerprint density at radius 1 is 1.06 bits per heavy atom. The summed E-state index contributed by atoms with van der Waals surface area (Å²) in [6.07, 6.45) is 0.463. The SMILES string of the molecule is NCCc1c(F)cccc1-c1cc(Cl)ccc1Cl. The third kappa shape index (κ3) is 2.66. The Kier molecular flexibility index (Phi) is 4.23. The van der Waals surface area contributed by atoms with Crippen LogP contribution in [0.4, 0.5) is 4.39 Å². The lowest BCUT2D eigenvalue weighted by Crippen LogP contribution is -2.06. The van der Waals surface area contributed by atoms with E-state index in [9.17, 15) is 4.39 Å². The fourth-order valence-corrected chi connectivity index (χ4v) is 2.30. The van der Waals surface area contributed by atoms with Crippen LogP contribution >= 0.6 is 23.2 Å². The van der Waals surface area contributed by atoms with Gasteiger partial charge in [-0.05, 0) is 48.4 Å². The molecule has 0 amide bonds. The first-order valence-electron chi connectivity index (χ1n) is 5.56. The monoisotopic (exact) mass is 283 g/mol. The minimum absolute atomic E-state index is 0.269. The molecule has 0 unspecified atom stereocenters. The molecule has 0 aliphatic heterocycles. The van der Waals surface area contributed by atoms with Crippen LogP contribution in [0, 0.1) is 5.82 Å². The Morgan fingerprint density at radius 3 is 2.56 bits per heavy atom. The number of benzene rings is 2. The van der Waals surface area contributed by atoms with Crippen molar-refractivity contribution in [3.8, 4) is 11.1 Å².